The summed E-state index contributed by atoms with van der Waals surface area (Å²) in [6.07, 6.45) is 0. The van der Waals surface area contributed by atoms with Crippen LogP contribution >= 0.6 is 11.3 Å². The highest BCUT2D eigenvalue weighted by molar-refractivity contribution is 7.93. The van der Waals surface area contributed by atoms with Gasteiger partial charge in [-0.2, -0.15) is 0 Å². The summed E-state index contributed by atoms with van der Waals surface area (Å²) < 4.78 is 39.6. The zero-order chi connectivity index (χ0) is 17.2. The van der Waals surface area contributed by atoms with Gasteiger partial charge in [-0.15, -0.1) is 0 Å². The monoisotopic (exact) mass is 357 g/mol. The number of nitrogens with zero attached hydrogens (tertiary/aromatic N) is 1. The molecule has 1 amide bonds. The van der Waals surface area contributed by atoms with Crippen molar-refractivity contribution in [2.75, 3.05) is 4.72 Å². The third-order valence-electron chi connectivity index (χ3n) is 2.77. The number of sulfonamides is 1. The van der Waals surface area contributed by atoms with E-state index in [4.69, 9.17) is 0 Å². The SMILES string of the molecule is Cc1nc(NS(=O)(=O)c2ccc(F)cc2)sc1C(=O)NC(C)C. The molecule has 0 atom stereocenters. The third kappa shape index (κ3) is 4.26. The van der Waals surface area contributed by atoms with Crippen LogP contribution in [0.3, 0.4) is 0 Å². The number of nitrogens with one attached hydrogen (secondary N) is 2. The van der Waals surface area contributed by atoms with Gasteiger partial charge in [-0.25, -0.2) is 17.8 Å². The van der Waals surface area contributed by atoms with Crippen molar-refractivity contribution >= 4 is 32.4 Å². The number of aryl methyl sites for hydroxylation is 1. The average molecular weight is 357 g/mol. The maximum Gasteiger partial charge on any atom is 0.263 e. The molecular weight excluding hydrogens is 341 g/mol. The van der Waals surface area contributed by atoms with Crippen molar-refractivity contribution in [1.29, 1.82) is 0 Å². The van der Waals surface area contributed by atoms with Gasteiger partial charge in [0.25, 0.3) is 15.9 Å². The summed E-state index contributed by atoms with van der Waals surface area (Å²) >= 11 is 0.947. The van der Waals surface area contributed by atoms with Crippen LogP contribution in [-0.4, -0.2) is 25.4 Å². The average Bonchev–Trinajstić information content (AvgIpc) is 2.78. The molecule has 0 aliphatic carbocycles. The minimum atomic E-state index is -3.88. The van der Waals surface area contributed by atoms with E-state index in [1.807, 2.05) is 13.8 Å². The molecule has 0 bridgehead atoms. The van der Waals surface area contributed by atoms with E-state index >= 15 is 0 Å². The van der Waals surface area contributed by atoms with E-state index in [2.05, 4.69) is 15.0 Å². The molecule has 1 aromatic heterocycles. The van der Waals surface area contributed by atoms with Gasteiger partial charge < -0.3 is 5.32 Å². The number of halogens is 1. The quantitative estimate of drug-likeness (QED) is 0.861. The first-order valence-electron chi connectivity index (χ1n) is 6.75. The minimum absolute atomic E-state index is 0.0386. The summed E-state index contributed by atoms with van der Waals surface area (Å²) in [6.45, 7) is 5.28. The lowest BCUT2D eigenvalue weighted by molar-refractivity contribution is 0.0946. The summed E-state index contributed by atoms with van der Waals surface area (Å²) in [7, 11) is -3.88. The highest BCUT2D eigenvalue weighted by Gasteiger charge is 2.20. The number of benzene rings is 1. The smallest absolute Gasteiger partial charge is 0.263 e. The van der Waals surface area contributed by atoms with Crippen molar-refractivity contribution in [3.63, 3.8) is 0 Å². The lowest BCUT2D eigenvalue weighted by Crippen LogP contribution is -2.29. The van der Waals surface area contributed by atoms with E-state index in [-0.39, 0.29) is 22.0 Å². The molecule has 0 fully saturated rings. The number of carbonyl (C=O) groups is 1. The van der Waals surface area contributed by atoms with E-state index in [0.717, 1.165) is 35.6 Å². The number of carbonyl (C=O) groups excluding carboxylic acids is 1. The number of thiazole rings is 1. The number of hydrogen-bond donors (Lipinski definition) is 2. The molecule has 0 saturated carbocycles. The van der Waals surface area contributed by atoms with Crippen LogP contribution in [0, 0.1) is 12.7 Å². The Hall–Kier alpha value is -2.00. The number of amides is 1. The molecule has 0 unspecified atom stereocenters. The first-order valence-corrected chi connectivity index (χ1v) is 9.05. The van der Waals surface area contributed by atoms with Crippen molar-refractivity contribution in [1.82, 2.24) is 10.3 Å². The van der Waals surface area contributed by atoms with Crippen LogP contribution < -0.4 is 10.0 Å². The maximum absolute atomic E-state index is 12.9. The fraction of sp³-hybridized carbons (Fsp3) is 0.286. The lowest BCUT2D eigenvalue weighted by atomic mass is 10.3. The minimum Gasteiger partial charge on any atom is -0.349 e. The molecule has 6 nitrogen and oxygen atoms in total. The molecular formula is C14H16FN3O3S2. The standard InChI is InChI=1S/C14H16FN3O3S2/c1-8(2)16-13(19)12-9(3)17-14(22-12)18-23(20,21)11-6-4-10(15)5-7-11/h4-8H,1-3H3,(H,16,19)(H,17,18). The van der Waals surface area contributed by atoms with Crippen LogP contribution in [0.2, 0.25) is 0 Å². The Kier molecular flexibility index (Phi) is 5.00. The molecule has 124 valence electrons. The van der Waals surface area contributed by atoms with E-state index in [1.54, 1.807) is 6.92 Å². The first kappa shape index (κ1) is 17.4. The number of anilines is 1. The summed E-state index contributed by atoms with van der Waals surface area (Å²) in [5.74, 6) is -0.830. The normalized spacial score (nSPS) is 11.5. The summed E-state index contributed by atoms with van der Waals surface area (Å²) in [5, 5.41) is 2.81. The van der Waals surface area contributed by atoms with Gasteiger partial charge in [0.1, 0.15) is 10.7 Å². The fourth-order valence-corrected chi connectivity index (χ4v) is 3.87. The van der Waals surface area contributed by atoms with Gasteiger partial charge in [0.05, 0.1) is 10.6 Å². The van der Waals surface area contributed by atoms with Gasteiger partial charge in [0, 0.05) is 6.04 Å². The first-order chi connectivity index (χ1) is 10.7. The van der Waals surface area contributed by atoms with Crippen LogP contribution in [0.25, 0.3) is 0 Å². The summed E-state index contributed by atoms with van der Waals surface area (Å²) in [6, 6.07) is 4.39. The van der Waals surface area contributed by atoms with Gasteiger partial charge >= 0.3 is 0 Å². The molecule has 2 rings (SSSR count). The van der Waals surface area contributed by atoms with E-state index in [9.17, 15) is 17.6 Å². The Morgan fingerprint density at radius 2 is 1.87 bits per heavy atom. The highest BCUT2D eigenvalue weighted by Crippen LogP contribution is 2.25. The van der Waals surface area contributed by atoms with Crippen molar-refractivity contribution < 1.29 is 17.6 Å². The Labute approximate surface area is 137 Å². The molecule has 1 heterocycles. The zero-order valence-corrected chi connectivity index (χ0v) is 14.4. The molecule has 2 N–H and O–H groups in total. The summed E-state index contributed by atoms with van der Waals surface area (Å²) in [5.41, 5.74) is 0.435. The van der Waals surface area contributed by atoms with Gasteiger partial charge in [-0.3, -0.25) is 9.52 Å². The zero-order valence-electron chi connectivity index (χ0n) is 12.8. The molecule has 2 aromatic rings. The van der Waals surface area contributed by atoms with E-state index in [0.29, 0.717) is 10.6 Å². The number of rotatable bonds is 5. The van der Waals surface area contributed by atoms with Crippen molar-refractivity contribution in [3.05, 3.63) is 40.7 Å². The van der Waals surface area contributed by atoms with Crippen LogP contribution in [0.15, 0.2) is 29.2 Å². The molecule has 1 aromatic carbocycles. The molecule has 0 aliphatic heterocycles. The third-order valence-corrected chi connectivity index (χ3v) is 5.32. The van der Waals surface area contributed by atoms with Crippen LogP contribution in [0.4, 0.5) is 9.52 Å². The molecule has 0 spiro atoms. The van der Waals surface area contributed by atoms with Gasteiger partial charge in [0.2, 0.25) is 0 Å². The van der Waals surface area contributed by atoms with Crippen LogP contribution in [0.5, 0.6) is 0 Å². The second-order valence-corrected chi connectivity index (χ2v) is 7.80. The van der Waals surface area contributed by atoms with Crippen molar-refractivity contribution in [2.24, 2.45) is 0 Å². The predicted molar refractivity (Wildman–Crippen MR) is 86.7 cm³/mol. The summed E-state index contributed by atoms with van der Waals surface area (Å²) in [4.78, 5) is 16.3. The van der Waals surface area contributed by atoms with E-state index in [1.165, 1.54) is 0 Å². The largest absolute Gasteiger partial charge is 0.349 e. The second kappa shape index (κ2) is 6.63. The molecule has 0 aliphatic rings. The maximum atomic E-state index is 12.9. The molecule has 9 heteroatoms. The Balaban J connectivity index is 2.23. The topological polar surface area (TPSA) is 88.2 Å². The van der Waals surface area contributed by atoms with Crippen LogP contribution in [-0.2, 0) is 10.0 Å². The Morgan fingerprint density at radius 1 is 1.26 bits per heavy atom. The van der Waals surface area contributed by atoms with Crippen molar-refractivity contribution in [3.8, 4) is 0 Å². The van der Waals surface area contributed by atoms with Crippen LogP contribution in [0.1, 0.15) is 29.2 Å². The van der Waals surface area contributed by atoms with Gasteiger partial charge in [0.15, 0.2) is 5.13 Å². The predicted octanol–water partition coefficient (Wildman–Crippen LogP) is 2.53. The number of hydrogen-bond acceptors (Lipinski definition) is 5. The molecule has 23 heavy (non-hydrogen) atoms. The second-order valence-electron chi connectivity index (χ2n) is 5.12. The molecule has 0 radical (unpaired) electrons. The number of aromatic nitrogens is 1. The van der Waals surface area contributed by atoms with Crippen molar-refractivity contribution in [2.45, 2.75) is 31.7 Å². The lowest BCUT2D eigenvalue weighted by Gasteiger charge is -2.06. The Morgan fingerprint density at radius 3 is 2.43 bits per heavy atom. The fourth-order valence-electron chi connectivity index (χ4n) is 1.77. The van der Waals surface area contributed by atoms with E-state index < -0.39 is 15.8 Å². The molecule has 0 saturated heterocycles. The van der Waals surface area contributed by atoms with Gasteiger partial charge in [-0.05, 0) is 45.0 Å². The van der Waals surface area contributed by atoms with Gasteiger partial charge in [-0.1, -0.05) is 11.3 Å². The highest BCUT2D eigenvalue weighted by atomic mass is 32.2. The Bertz CT molecular complexity index is 814.